The second-order valence-electron chi connectivity index (χ2n) is 7.08. The van der Waals surface area contributed by atoms with Gasteiger partial charge < -0.3 is 19.4 Å². The Balaban J connectivity index is 1.46. The Morgan fingerprint density at radius 3 is 2.27 bits per heavy atom. The lowest BCUT2D eigenvalue weighted by Gasteiger charge is -2.37. The van der Waals surface area contributed by atoms with E-state index in [0.29, 0.717) is 0 Å². The highest BCUT2D eigenvalue weighted by molar-refractivity contribution is 5.51. The normalized spacial score (nSPS) is 18.3. The first-order valence-corrected chi connectivity index (χ1v) is 9.44. The van der Waals surface area contributed by atoms with Gasteiger partial charge in [-0.2, -0.15) is 4.98 Å². The largest absolute Gasteiger partial charge is 0.378 e. The van der Waals surface area contributed by atoms with Gasteiger partial charge in [0.2, 0.25) is 5.95 Å². The van der Waals surface area contributed by atoms with E-state index in [1.807, 2.05) is 0 Å². The molecule has 138 valence electrons. The summed E-state index contributed by atoms with van der Waals surface area (Å²) in [5, 5.41) is 0. The number of anilines is 3. The number of nitrogens with zero attached hydrogens (tertiary/aromatic N) is 5. The first-order chi connectivity index (χ1) is 12.7. The maximum absolute atomic E-state index is 5.46. The fraction of sp³-hybridized carbons (Fsp3) is 0.500. The second-order valence-corrected chi connectivity index (χ2v) is 7.08. The van der Waals surface area contributed by atoms with E-state index in [0.717, 1.165) is 69.9 Å². The van der Waals surface area contributed by atoms with Crippen LogP contribution in [-0.4, -0.2) is 62.5 Å². The summed E-state index contributed by atoms with van der Waals surface area (Å²) in [5.41, 5.74) is 3.64. The fourth-order valence-corrected chi connectivity index (χ4v) is 3.62. The number of aromatic nitrogens is 2. The predicted octanol–water partition coefficient (Wildman–Crippen LogP) is 2.26. The number of hydrogen-bond donors (Lipinski definition) is 0. The Morgan fingerprint density at radius 2 is 1.54 bits per heavy atom. The van der Waals surface area contributed by atoms with Gasteiger partial charge in [0.05, 0.1) is 13.2 Å². The van der Waals surface area contributed by atoms with E-state index >= 15 is 0 Å². The zero-order valence-corrected chi connectivity index (χ0v) is 15.7. The van der Waals surface area contributed by atoms with Crippen molar-refractivity contribution in [3.63, 3.8) is 0 Å². The minimum atomic E-state index is 0.771. The lowest BCUT2D eigenvalue weighted by atomic mass is 10.2. The van der Waals surface area contributed by atoms with Crippen molar-refractivity contribution < 1.29 is 4.74 Å². The molecular weight excluding hydrogens is 326 g/mol. The summed E-state index contributed by atoms with van der Waals surface area (Å²) < 4.78 is 5.46. The Bertz CT molecular complexity index is 752. The highest BCUT2D eigenvalue weighted by atomic mass is 16.5. The van der Waals surface area contributed by atoms with Crippen LogP contribution in [0.1, 0.15) is 11.3 Å². The van der Waals surface area contributed by atoms with Gasteiger partial charge in [0, 0.05) is 56.7 Å². The lowest BCUT2D eigenvalue weighted by Crippen LogP contribution is -2.47. The quantitative estimate of drug-likeness (QED) is 0.843. The predicted molar refractivity (Wildman–Crippen MR) is 105 cm³/mol. The maximum atomic E-state index is 5.46. The molecule has 4 rings (SSSR count). The first-order valence-electron chi connectivity index (χ1n) is 9.44. The van der Waals surface area contributed by atoms with Crippen LogP contribution in [0.15, 0.2) is 30.3 Å². The van der Waals surface area contributed by atoms with Crippen molar-refractivity contribution in [1.82, 2.24) is 9.97 Å². The van der Waals surface area contributed by atoms with E-state index in [1.54, 1.807) is 0 Å². The molecular formula is C20H27N5O. The molecule has 0 aliphatic carbocycles. The highest BCUT2D eigenvalue weighted by Crippen LogP contribution is 2.22. The molecule has 0 bridgehead atoms. The molecule has 2 aromatic rings. The van der Waals surface area contributed by atoms with Crippen molar-refractivity contribution in [2.45, 2.75) is 13.8 Å². The monoisotopic (exact) mass is 353 g/mol. The van der Waals surface area contributed by atoms with Crippen LogP contribution in [0.2, 0.25) is 0 Å². The minimum absolute atomic E-state index is 0.771. The van der Waals surface area contributed by atoms with E-state index in [9.17, 15) is 0 Å². The number of rotatable bonds is 3. The molecule has 2 aliphatic rings. The third-order valence-electron chi connectivity index (χ3n) is 5.09. The van der Waals surface area contributed by atoms with Gasteiger partial charge in [0.25, 0.3) is 0 Å². The molecule has 2 aliphatic heterocycles. The molecule has 6 heteroatoms. The van der Waals surface area contributed by atoms with Crippen LogP contribution in [-0.2, 0) is 4.74 Å². The van der Waals surface area contributed by atoms with Gasteiger partial charge in [-0.3, -0.25) is 0 Å². The third kappa shape index (κ3) is 3.75. The van der Waals surface area contributed by atoms with Crippen molar-refractivity contribution in [3.05, 3.63) is 41.6 Å². The molecule has 0 radical (unpaired) electrons. The Labute approximate surface area is 155 Å². The molecule has 2 saturated heterocycles. The molecule has 0 N–H and O–H groups in total. The van der Waals surface area contributed by atoms with E-state index < -0.39 is 0 Å². The molecule has 6 nitrogen and oxygen atoms in total. The third-order valence-corrected chi connectivity index (χ3v) is 5.09. The van der Waals surface area contributed by atoms with Crippen LogP contribution in [0.5, 0.6) is 0 Å². The summed E-state index contributed by atoms with van der Waals surface area (Å²) >= 11 is 0. The number of piperazine rings is 1. The smallest absolute Gasteiger partial charge is 0.227 e. The van der Waals surface area contributed by atoms with Crippen molar-refractivity contribution in [2.75, 3.05) is 67.2 Å². The average molecular weight is 353 g/mol. The van der Waals surface area contributed by atoms with Crippen molar-refractivity contribution in [2.24, 2.45) is 0 Å². The Kier molecular flexibility index (Phi) is 4.93. The maximum Gasteiger partial charge on any atom is 0.227 e. The molecule has 0 saturated carbocycles. The molecule has 0 amide bonds. The number of ether oxygens (including phenoxy) is 1. The van der Waals surface area contributed by atoms with E-state index in [1.165, 1.54) is 11.3 Å². The standard InChI is InChI=1S/C20H27N5O/c1-16-4-3-5-18(14-16)23-6-8-25(9-7-23)20-21-17(2)15-19(22-20)24-10-12-26-13-11-24/h3-5,14-15H,6-13H2,1-2H3. The molecule has 3 heterocycles. The number of hydrogen-bond acceptors (Lipinski definition) is 6. The second kappa shape index (κ2) is 7.50. The molecule has 0 unspecified atom stereocenters. The molecule has 2 fully saturated rings. The van der Waals surface area contributed by atoms with Crippen molar-refractivity contribution in [1.29, 1.82) is 0 Å². The number of benzene rings is 1. The van der Waals surface area contributed by atoms with Gasteiger partial charge in [-0.25, -0.2) is 4.98 Å². The summed E-state index contributed by atoms with van der Waals surface area (Å²) in [6.07, 6.45) is 0. The zero-order chi connectivity index (χ0) is 17.9. The molecule has 0 spiro atoms. The van der Waals surface area contributed by atoms with Crippen LogP contribution in [0.4, 0.5) is 17.5 Å². The summed E-state index contributed by atoms with van der Waals surface area (Å²) in [7, 11) is 0. The van der Waals surface area contributed by atoms with Gasteiger partial charge >= 0.3 is 0 Å². The minimum Gasteiger partial charge on any atom is -0.378 e. The van der Waals surface area contributed by atoms with Crippen LogP contribution < -0.4 is 14.7 Å². The summed E-state index contributed by atoms with van der Waals surface area (Å²) in [6.45, 7) is 11.4. The Hall–Kier alpha value is -2.34. The molecule has 1 aromatic carbocycles. The van der Waals surface area contributed by atoms with Crippen LogP contribution in [0.3, 0.4) is 0 Å². The van der Waals surface area contributed by atoms with E-state index in [-0.39, 0.29) is 0 Å². The molecule has 0 atom stereocenters. The summed E-state index contributed by atoms with van der Waals surface area (Å²) in [5.74, 6) is 1.88. The van der Waals surface area contributed by atoms with Gasteiger partial charge in [0.15, 0.2) is 0 Å². The van der Waals surface area contributed by atoms with Crippen LogP contribution in [0, 0.1) is 13.8 Å². The van der Waals surface area contributed by atoms with E-state index in [2.05, 4.69) is 58.9 Å². The van der Waals surface area contributed by atoms with Gasteiger partial charge in [0.1, 0.15) is 5.82 Å². The van der Waals surface area contributed by atoms with Gasteiger partial charge in [-0.05, 0) is 31.5 Å². The Morgan fingerprint density at radius 1 is 0.808 bits per heavy atom. The fourth-order valence-electron chi connectivity index (χ4n) is 3.62. The number of morpholine rings is 1. The topological polar surface area (TPSA) is 44.7 Å². The molecule has 26 heavy (non-hydrogen) atoms. The summed E-state index contributed by atoms with van der Waals surface area (Å²) in [4.78, 5) is 16.6. The number of aryl methyl sites for hydroxylation is 2. The highest BCUT2D eigenvalue weighted by Gasteiger charge is 2.21. The zero-order valence-electron chi connectivity index (χ0n) is 15.7. The van der Waals surface area contributed by atoms with E-state index in [4.69, 9.17) is 14.7 Å². The van der Waals surface area contributed by atoms with Crippen LogP contribution in [0.25, 0.3) is 0 Å². The van der Waals surface area contributed by atoms with Gasteiger partial charge in [-0.15, -0.1) is 0 Å². The summed E-state index contributed by atoms with van der Waals surface area (Å²) in [6, 6.07) is 10.8. The van der Waals surface area contributed by atoms with Gasteiger partial charge in [-0.1, -0.05) is 12.1 Å². The average Bonchev–Trinajstić information content (AvgIpc) is 2.68. The SMILES string of the molecule is Cc1cccc(N2CCN(c3nc(C)cc(N4CCOCC4)n3)CC2)c1. The molecule has 1 aromatic heterocycles. The van der Waals surface area contributed by atoms with Crippen molar-refractivity contribution >= 4 is 17.5 Å². The van der Waals surface area contributed by atoms with Crippen LogP contribution >= 0.6 is 0 Å². The first kappa shape index (κ1) is 17.1. The lowest BCUT2D eigenvalue weighted by molar-refractivity contribution is 0.122. The van der Waals surface area contributed by atoms with Crippen molar-refractivity contribution in [3.8, 4) is 0 Å².